The zero-order chi connectivity index (χ0) is 42.6. The Labute approximate surface area is 344 Å². The van der Waals surface area contributed by atoms with Crippen LogP contribution in [0.4, 0.5) is 4.39 Å². The molecule has 3 N–H and O–H groups in total. The second-order valence-corrected chi connectivity index (χ2v) is 20.0. The number of hydrogen-bond acceptors (Lipinski definition) is 9. The first-order chi connectivity index (χ1) is 27.2. The molecule has 12 heteroatoms. The van der Waals surface area contributed by atoms with Crippen LogP contribution in [-0.2, 0) is 25.7 Å². The van der Waals surface area contributed by atoms with Gasteiger partial charge in [0.15, 0.2) is 17.4 Å². The summed E-state index contributed by atoms with van der Waals surface area (Å²) in [5, 5.41) is 34.7. The number of ether oxygens (including phenoxy) is 1. The number of fused-ring (bicyclic) bond motifs is 5. The highest BCUT2D eigenvalue weighted by molar-refractivity contribution is 6.00. The normalized spacial score (nSPS) is 32.1. The summed E-state index contributed by atoms with van der Waals surface area (Å²) in [5.74, 6) is 0.0184. The Kier molecular flexibility index (Phi) is 12.3. The van der Waals surface area contributed by atoms with Gasteiger partial charge in [-0.05, 0) is 142 Å². The number of ketones is 1. The van der Waals surface area contributed by atoms with E-state index < -0.39 is 34.7 Å². The standard InChI is InChI=1S/C46H68FN5O6/c1-11-30(58-35(54)25-42(5,6)41(56)57)17-18-43(7)28(4)16-19-45(9)34(43)15-13-31-37-36(27(2)3)33(53)24-46(37,21-20-44(31,45)8)38(55)40-51-50-39(52(40)23-22-48-10)32-14-12-29(47)26-49-32/h12,14,26-28,30-31,34,38,48,55H,11,13,15-25H2,1-10H3,(H,56,57)/t28-,30-,31-,34-,38?,43+,44-,45-,46-/m1/s1. The molecule has 0 bridgehead atoms. The number of Topliss-reactive ketones (excluding diaryl/α,β-unsaturated/α-hetero) is 1. The van der Waals surface area contributed by atoms with Gasteiger partial charge < -0.3 is 24.8 Å². The minimum Gasteiger partial charge on any atom is -0.481 e. The first-order valence-corrected chi connectivity index (χ1v) is 21.8. The fourth-order valence-corrected chi connectivity index (χ4v) is 12.4. The van der Waals surface area contributed by atoms with Gasteiger partial charge in [0.05, 0.1) is 18.0 Å². The van der Waals surface area contributed by atoms with Gasteiger partial charge in [-0.2, -0.15) is 0 Å². The summed E-state index contributed by atoms with van der Waals surface area (Å²) in [5.41, 5.74) is 0.266. The molecule has 4 aliphatic carbocycles. The topological polar surface area (TPSA) is 157 Å². The lowest BCUT2D eigenvalue weighted by molar-refractivity contribution is -0.192. The molecule has 0 aromatic carbocycles. The second-order valence-electron chi connectivity index (χ2n) is 20.0. The van der Waals surface area contributed by atoms with Crippen molar-refractivity contribution in [3.63, 3.8) is 0 Å². The minimum atomic E-state index is -1.19. The molecule has 0 saturated heterocycles. The summed E-state index contributed by atoms with van der Waals surface area (Å²) in [6.45, 7) is 20.2. The molecular weight excluding hydrogens is 738 g/mol. The van der Waals surface area contributed by atoms with E-state index in [0.29, 0.717) is 55.1 Å². The molecule has 0 radical (unpaired) electrons. The average molecular weight is 806 g/mol. The molecule has 1 unspecified atom stereocenters. The highest BCUT2D eigenvalue weighted by Gasteiger charge is 2.69. The van der Waals surface area contributed by atoms with Crippen LogP contribution in [0, 0.1) is 56.6 Å². The number of allylic oxidation sites excluding steroid dienone is 1. The van der Waals surface area contributed by atoms with Crippen LogP contribution >= 0.6 is 0 Å². The molecule has 3 fully saturated rings. The van der Waals surface area contributed by atoms with E-state index in [4.69, 9.17) is 4.74 Å². The third kappa shape index (κ3) is 7.26. The first-order valence-electron chi connectivity index (χ1n) is 21.8. The van der Waals surface area contributed by atoms with E-state index in [0.717, 1.165) is 62.3 Å². The molecule has 58 heavy (non-hydrogen) atoms. The number of rotatable bonds is 15. The van der Waals surface area contributed by atoms with Crippen LogP contribution in [0.1, 0.15) is 145 Å². The van der Waals surface area contributed by atoms with E-state index in [9.17, 15) is 29.0 Å². The summed E-state index contributed by atoms with van der Waals surface area (Å²) in [4.78, 5) is 43.3. The summed E-state index contributed by atoms with van der Waals surface area (Å²) in [7, 11) is 1.86. The van der Waals surface area contributed by atoms with Gasteiger partial charge in [0.1, 0.15) is 23.7 Å². The number of hydrogen-bond donors (Lipinski definition) is 3. The van der Waals surface area contributed by atoms with Crippen molar-refractivity contribution in [3.05, 3.63) is 41.1 Å². The maximum Gasteiger partial charge on any atom is 0.309 e. The molecule has 6 rings (SSSR count). The minimum absolute atomic E-state index is 0.00278. The summed E-state index contributed by atoms with van der Waals surface area (Å²) in [6, 6.07) is 2.92. The maximum absolute atomic E-state index is 14.4. The van der Waals surface area contributed by atoms with E-state index in [1.165, 1.54) is 6.07 Å². The van der Waals surface area contributed by atoms with Crippen LogP contribution < -0.4 is 5.32 Å². The number of aliphatic hydroxyl groups excluding tert-OH is 1. The Hall–Kier alpha value is -3.51. The summed E-state index contributed by atoms with van der Waals surface area (Å²) in [6.07, 6.45) is 7.74. The third-order valence-electron chi connectivity index (χ3n) is 16.2. The number of aliphatic hydroxyl groups is 1. The monoisotopic (exact) mass is 806 g/mol. The predicted octanol–water partition coefficient (Wildman–Crippen LogP) is 8.52. The number of aromatic nitrogens is 4. The number of carboxylic acid groups (broad SMARTS) is 1. The van der Waals surface area contributed by atoms with Gasteiger partial charge in [0.25, 0.3) is 0 Å². The number of carbonyl (C=O) groups is 3. The van der Waals surface area contributed by atoms with Crippen LogP contribution in [0.25, 0.3) is 11.5 Å². The van der Waals surface area contributed by atoms with E-state index >= 15 is 0 Å². The Balaban J connectivity index is 1.33. The fraction of sp³-hybridized carbons (Fsp3) is 0.739. The molecular formula is C46H68FN5O6. The molecule has 3 saturated carbocycles. The van der Waals surface area contributed by atoms with Gasteiger partial charge in [-0.25, -0.2) is 9.37 Å². The number of carboxylic acids is 1. The molecule has 11 nitrogen and oxygen atoms in total. The lowest BCUT2D eigenvalue weighted by Crippen LogP contribution is -2.62. The largest absolute Gasteiger partial charge is 0.481 e. The maximum atomic E-state index is 14.4. The average Bonchev–Trinajstić information content (AvgIpc) is 3.73. The second kappa shape index (κ2) is 16.2. The van der Waals surface area contributed by atoms with E-state index in [-0.39, 0.29) is 52.8 Å². The molecule has 0 spiro atoms. The van der Waals surface area contributed by atoms with Gasteiger partial charge in [-0.15, -0.1) is 10.2 Å². The van der Waals surface area contributed by atoms with E-state index in [1.54, 1.807) is 19.9 Å². The van der Waals surface area contributed by atoms with Gasteiger partial charge in [-0.1, -0.05) is 48.5 Å². The van der Waals surface area contributed by atoms with E-state index in [1.807, 2.05) is 18.5 Å². The number of pyridine rings is 1. The van der Waals surface area contributed by atoms with Crippen LogP contribution in [0.3, 0.4) is 0 Å². The summed E-state index contributed by atoms with van der Waals surface area (Å²) < 4.78 is 21.7. The Morgan fingerprint density at radius 1 is 1.09 bits per heavy atom. The van der Waals surface area contributed by atoms with Gasteiger partial charge in [0, 0.05) is 24.9 Å². The van der Waals surface area contributed by atoms with Crippen molar-refractivity contribution >= 4 is 17.7 Å². The molecule has 320 valence electrons. The van der Waals surface area contributed by atoms with Gasteiger partial charge in [0.2, 0.25) is 0 Å². The molecule has 9 atom stereocenters. The molecule has 0 amide bonds. The van der Waals surface area contributed by atoms with Crippen molar-refractivity contribution in [3.8, 4) is 11.5 Å². The van der Waals surface area contributed by atoms with Crippen LogP contribution in [0.2, 0.25) is 0 Å². The van der Waals surface area contributed by atoms with Crippen molar-refractivity contribution in [2.75, 3.05) is 13.6 Å². The quantitative estimate of drug-likeness (QED) is 0.149. The van der Waals surface area contributed by atoms with Gasteiger partial charge in [-0.3, -0.25) is 14.4 Å². The number of carbonyl (C=O) groups excluding carboxylic acids is 2. The predicted molar refractivity (Wildman–Crippen MR) is 220 cm³/mol. The number of aliphatic carboxylic acids is 1. The first kappa shape index (κ1) is 44.1. The number of esters is 1. The molecule has 2 aromatic heterocycles. The molecule has 4 aliphatic rings. The lowest BCUT2D eigenvalue weighted by Gasteiger charge is -2.69. The SMILES string of the molecule is CC[C@H](CC[C@@]1(C)[C@H](C)CC[C@]2(C)[C@@H]1CC[C@@H]1C3=C(C(C)C)C(=O)C[C@]3(C(O)c3nnc(-c4ccc(F)cn4)n3CCNC)CC[C@]12C)OC(=O)CC(C)(C)C(=O)O. The Morgan fingerprint density at radius 2 is 1.81 bits per heavy atom. The summed E-state index contributed by atoms with van der Waals surface area (Å²) >= 11 is 0. The zero-order valence-electron chi connectivity index (χ0n) is 36.6. The van der Waals surface area contributed by atoms with Crippen LogP contribution in [-0.4, -0.2) is 67.4 Å². The van der Waals surface area contributed by atoms with Crippen molar-refractivity contribution in [1.29, 1.82) is 0 Å². The molecule has 2 heterocycles. The van der Waals surface area contributed by atoms with Gasteiger partial charge >= 0.3 is 11.9 Å². The number of likely N-dealkylation sites (N-methyl/N-ethyl adjacent to an activating group) is 1. The fourth-order valence-electron chi connectivity index (χ4n) is 12.4. The van der Waals surface area contributed by atoms with Crippen molar-refractivity contribution < 1.29 is 33.7 Å². The molecule has 2 aromatic rings. The Morgan fingerprint density at radius 3 is 2.43 bits per heavy atom. The highest BCUT2D eigenvalue weighted by Crippen LogP contribution is 2.76. The molecule has 0 aliphatic heterocycles. The Bertz CT molecular complexity index is 1910. The smallest absolute Gasteiger partial charge is 0.309 e. The zero-order valence-corrected chi connectivity index (χ0v) is 36.6. The van der Waals surface area contributed by atoms with Crippen LogP contribution in [0.15, 0.2) is 29.5 Å². The third-order valence-corrected chi connectivity index (χ3v) is 16.2. The lowest BCUT2D eigenvalue weighted by atomic mass is 9.35. The van der Waals surface area contributed by atoms with Crippen LogP contribution in [0.5, 0.6) is 0 Å². The highest BCUT2D eigenvalue weighted by atomic mass is 19.1. The number of nitrogens with one attached hydrogen (secondary N) is 1. The van der Waals surface area contributed by atoms with E-state index in [2.05, 4.69) is 62.0 Å². The van der Waals surface area contributed by atoms with Crippen molar-refractivity contribution in [2.45, 2.75) is 152 Å². The number of nitrogens with zero attached hydrogens (tertiary/aromatic N) is 4. The van der Waals surface area contributed by atoms with Crippen molar-refractivity contribution in [1.82, 2.24) is 25.1 Å². The van der Waals surface area contributed by atoms with Crippen molar-refractivity contribution in [2.24, 2.45) is 50.7 Å². The number of halogens is 1.